The van der Waals surface area contributed by atoms with Crippen LogP contribution < -0.4 is 5.46 Å². The molecule has 0 saturated carbocycles. The largest absolute Gasteiger partial charge is 0.495 e. The molecule has 2 aliphatic rings. The lowest BCUT2D eigenvalue weighted by molar-refractivity contribution is -0.147. The number of hydrogen-bond donors (Lipinski definition) is 0. The predicted octanol–water partition coefficient (Wildman–Crippen LogP) is 4.81. The van der Waals surface area contributed by atoms with Crippen molar-refractivity contribution in [2.45, 2.75) is 18.1 Å². The molecule has 31 heavy (non-hydrogen) atoms. The topological polar surface area (TPSA) is 21.7 Å². The summed E-state index contributed by atoms with van der Waals surface area (Å²) in [5.74, 6) is -0.383. The van der Waals surface area contributed by atoms with Crippen LogP contribution >= 0.6 is 11.6 Å². The van der Waals surface area contributed by atoms with Crippen LogP contribution in [0.2, 0.25) is 5.02 Å². The van der Waals surface area contributed by atoms with E-state index in [1.54, 1.807) is 12.1 Å². The molecule has 3 aromatic carbocycles. The van der Waals surface area contributed by atoms with Crippen molar-refractivity contribution in [2.24, 2.45) is 5.92 Å². The first-order valence-corrected chi connectivity index (χ1v) is 11.0. The number of nitrogens with zero attached hydrogens (tertiary/aromatic N) is 1. The predicted molar refractivity (Wildman–Crippen MR) is 122 cm³/mol. The number of benzene rings is 3. The fourth-order valence-electron chi connectivity index (χ4n) is 4.96. The molecule has 0 N–H and O–H groups in total. The molecule has 3 nitrogen and oxygen atoms in total. The third kappa shape index (κ3) is 3.81. The standard InChI is InChI=1S/C25H24BClFNO2/c1-29-15-14-25(19-10-6-3-7-11-19)21(17-29)24(18-8-4-2-5-9-18)30-26(31-25)20-12-13-22(27)23(28)16-20/h2-13,16,21,24H,14-15,17H2,1H3. The van der Waals surface area contributed by atoms with E-state index in [2.05, 4.69) is 36.2 Å². The van der Waals surface area contributed by atoms with E-state index in [1.807, 2.05) is 36.4 Å². The first-order valence-electron chi connectivity index (χ1n) is 10.6. The minimum absolute atomic E-state index is 0.0875. The molecule has 3 atom stereocenters. The number of piperidine rings is 1. The Labute approximate surface area is 187 Å². The summed E-state index contributed by atoms with van der Waals surface area (Å²) in [6.07, 6.45) is 0.638. The Morgan fingerprint density at radius 3 is 2.45 bits per heavy atom. The van der Waals surface area contributed by atoms with Gasteiger partial charge in [-0.25, -0.2) is 4.39 Å². The third-order valence-corrected chi connectivity index (χ3v) is 6.84. The maximum absolute atomic E-state index is 14.3. The SMILES string of the molecule is CN1CCC2(c3ccccc3)OB(c3ccc(Cl)c(F)c3)OC(c3ccccc3)C2C1. The van der Waals surface area contributed by atoms with Gasteiger partial charge in [-0.1, -0.05) is 78.3 Å². The fourth-order valence-corrected chi connectivity index (χ4v) is 5.07. The summed E-state index contributed by atoms with van der Waals surface area (Å²) in [6.45, 7) is 1.75. The second-order valence-electron chi connectivity index (χ2n) is 8.46. The smallest absolute Gasteiger partial charge is 0.400 e. The van der Waals surface area contributed by atoms with E-state index < -0.39 is 18.5 Å². The third-order valence-electron chi connectivity index (χ3n) is 6.53. The lowest BCUT2D eigenvalue weighted by atomic mass is 9.65. The Morgan fingerprint density at radius 2 is 1.74 bits per heavy atom. The minimum Gasteiger partial charge on any atom is -0.400 e. The quantitative estimate of drug-likeness (QED) is 0.551. The van der Waals surface area contributed by atoms with Gasteiger partial charge in [-0.05, 0) is 42.2 Å². The average molecular weight is 436 g/mol. The van der Waals surface area contributed by atoms with Crippen molar-refractivity contribution in [1.29, 1.82) is 0 Å². The van der Waals surface area contributed by atoms with E-state index in [0.29, 0.717) is 5.46 Å². The fraction of sp³-hybridized carbons (Fsp3) is 0.280. The molecule has 158 valence electrons. The minimum atomic E-state index is -0.697. The maximum atomic E-state index is 14.3. The molecule has 2 saturated heterocycles. The molecule has 3 aromatic rings. The van der Waals surface area contributed by atoms with E-state index in [0.717, 1.165) is 30.6 Å². The van der Waals surface area contributed by atoms with Gasteiger partial charge in [0.1, 0.15) is 5.82 Å². The van der Waals surface area contributed by atoms with Gasteiger partial charge in [-0.3, -0.25) is 0 Å². The van der Waals surface area contributed by atoms with Crippen molar-refractivity contribution in [1.82, 2.24) is 4.90 Å². The van der Waals surface area contributed by atoms with Crippen molar-refractivity contribution >= 4 is 24.2 Å². The summed E-state index contributed by atoms with van der Waals surface area (Å²) < 4.78 is 27.7. The molecule has 2 aliphatic heterocycles. The normalized spacial score (nSPS) is 26.5. The molecule has 0 radical (unpaired) electrons. The summed E-state index contributed by atoms with van der Waals surface area (Å²) in [4.78, 5) is 2.33. The van der Waals surface area contributed by atoms with E-state index in [1.165, 1.54) is 6.07 Å². The van der Waals surface area contributed by atoms with Gasteiger partial charge in [0, 0.05) is 19.0 Å². The first-order chi connectivity index (χ1) is 15.1. The summed E-state index contributed by atoms with van der Waals surface area (Å²) in [7, 11) is 1.44. The van der Waals surface area contributed by atoms with Gasteiger partial charge in [-0.15, -0.1) is 0 Å². The van der Waals surface area contributed by atoms with E-state index in [-0.39, 0.29) is 17.0 Å². The number of rotatable bonds is 3. The molecule has 3 unspecified atom stereocenters. The molecule has 0 bridgehead atoms. The van der Waals surface area contributed by atoms with Crippen LogP contribution in [-0.4, -0.2) is 32.2 Å². The Balaban J connectivity index is 1.65. The molecule has 2 fully saturated rings. The van der Waals surface area contributed by atoms with Crippen LogP contribution in [0.1, 0.15) is 23.7 Å². The zero-order valence-electron chi connectivity index (χ0n) is 17.4. The molecule has 0 aromatic heterocycles. The molecule has 0 spiro atoms. The maximum Gasteiger partial charge on any atom is 0.495 e. The first kappa shape index (κ1) is 20.7. The average Bonchev–Trinajstić information content (AvgIpc) is 2.81. The van der Waals surface area contributed by atoms with Crippen molar-refractivity contribution in [2.75, 3.05) is 20.1 Å². The summed E-state index contributed by atoms with van der Waals surface area (Å²) in [5.41, 5.74) is 2.34. The molecule has 6 heteroatoms. The zero-order chi connectivity index (χ0) is 21.4. The Morgan fingerprint density at radius 1 is 1.03 bits per heavy atom. The monoisotopic (exact) mass is 435 g/mol. The second kappa shape index (κ2) is 8.40. The van der Waals surface area contributed by atoms with Crippen molar-refractivity contribution in [3.05, 3.63) is 101 Å². The van der Waals surface area contributed by atoms with Crippen LogP contribution in [0, 0.1) is 11.7 Å². The van der Waals surface area contributed by atoms with Gasteiger partial charge >= 0.3 is 7.12 Å². The highest BCUT2D eigenvalue weighted by molar-refractivity contribution is 6.61. The molecular weight excluding hydrogens is 412 g/mol. The highest BCUT2D eigenvalue weighted by Crippen LogP contribution is 2.51. The molecule has 0 amide bonds. The highest BCUT2D eigenvalue weighted by atomic mass is 35.5. The van der Waals surface area contributed by atoms with Gasteiger partial charge in [0.15, 0.2) is 0 Å². The zero-order valence-corrected chi connectivity index (χ0v) is 18.1. The van der Waals surface area contributed by atoms with Crippen LogP contribution in [0.4, 0.5) is 4.39 Å². The number of hydrogen-bond acceptors (Lipinski definition) is 3. The van der Waals surface area contributed by atoms with Gasteiger partial charge < -0.3 is 14.2 Å². The summed E-state index contributed by atoms with van der Waals surface area (Å²) >= 11 is 5.93. The van der Waals surface area contributed by atoms with E-state index >= 15 is 0 Å². The van der Waals surface area contributed by atoms with Crippen molar-refractivity contribution < 1.29 is 13.7 Å². The van der Waals surface area contributed by atoms with Crippen LogP contribution in [0.3, 0.4) is 0 Å². The van der Waals surface area contributed by atoms with Gasteiger partial charge in [0.05, 0.1) is 16.7 Å². The lowest BCUT2D eigenvalue weighted by Crippen LogP contribution is -2.61. The molecule has 0 aliphatic carbocycles. The van der Waals surface area contributed by atoms with E-state index in [4.69, 9.17) is 20.9 Å². The Hall–Kier alpha value is -2.18. The highest BCUT2D eigenvalue weighted by Gasteiger charge is 2.55. The Bertz CT molecular complexity index is 1050. The van der Waals surface area contributed by atoms with Crippen LogP contribution in [0.5, 0.6) is 0 Å². The molecular formula is C25H24BClFNO2. The molecule has 5 rings (SSSR count). The van der Waals surface area contributed by atoms with Crippen LogP contribution in [-0.2, 0) is 14.9 Å². The lowest BCUT2D eigenvalue weighted by Gasteiger charge is -2.54. The number of halogens is 2. The van der Waals surface area contributed by atoms with E-state index in [9.17, 15) is 4.39 Å². The van der Waals surface area contributed by atoms with Gasteiger partial charge in [0.2, 0.25) is 0 Å². The van der Waals surface area contributed by atoms with Crippen LogP contribution in [0.15, 0.2) is 78.9 Å². The van der Waals surface area contributed by atoms with Crippen molar-refractivity contribution in [3.8, 4) is 0 Å². The number of likely N-dealkylation sites (tertiary alicyclic amines) is 1. The number of fused-ring (bicyclic) bond motifs is 1. The van der Waals surface area contributed by atoms with Gasteiger partial charge in [-0.2, -0.15) is 0 Å². The molecule has 2 heterocycles. The summed E-state index contributed by atoms with van der Waals surface area (Å²) in [5, 5.41) is 0.0918. The summed E-state index contributed by atoms with van der Waals surface area (Å²) in [6, 6.07) is 25.4. The van der Waals surface area contributed by atoms with Gasteiger partial charge in [0.25, 0.3) is 0 Å². The Kier molecular flexibility index (Phi) is 5.61. The second-order valence-corrected chi connectivity index (χ2v) is 8.87. The van der Waals surface area contributed by atoms with Crippen LogP contribution in [0.25, 0.3) is 0 Å². The van der Waals surface area contributed by atoms with Crippen molar-refractivity contribution in [3.63, 3.8) is 0 Å².